The van der Waals surface area contributed by atoms with Gasteiger partial charge in [0.15, 0.2) is 12.2 Å². The first-order chi connectivity index (χ1) is 48.7. The van der Waals surface area contributed by atoms with E-state index < -0.39 is 97.5 Å². The lowest BCUT2D eigenvalue weighted by atomic mass is 10.1. The Balaban J connectivity index is 5.40. The van der Waals surface area contributed by atoms with Gasteiger partial charge in [0.25, 0.3) is 7.82 Å². The van der Waals surface area contributed by atoms with E-state index in [1.54, 1.807) is 0 Å². The molecular formula is C81H141O17P2-. The van der Waals surface area contributed by atoms with Crippen molar-refractivity contribution >= 4 is 39.5 Å². The molecule has 0 aromatic rings. The minimum absolute atomic E-state index is 0.0600. The molecule has 0 radical (unpaired) electrons. The number of unbranched alkanes of at least 4 members (excludes halogenated alkanes) is 32. The summed E-state index contributed by atoms with van der Waals surface area (Å²) in [6.07, 6.45) is 76.3. The van der Waals surface area contributed by atoms with Crippen LogP contribution in [0.4, 0.5) is 0 Å². The maximum atomic E-state index is 13.1. The molecule has 0 aliphatic carbocycles. The Morgan fingerprint density at radius 2 is 0.540 bits per heavy atom. The quantitative estimate of drug-likeness (QED) is 0.0189. The number of phosphoric ester groups is 2. The molecule has 19 heteroatoms. The van der Waals surface area contributed by atoms with Gasteiger partial charge in [-0.25, -0.2) is 4.57 Å². The molecule has 5 atom stereocenters. The summed E-state index contributed by atoms with van der Waals surface area (Å²) < 4.78 is 68.1. The largest absolute Gasteiger partial charge is 0.756 e. The van der Waals surface area contributed by atoms with Crippen molar-refractivity contribution in [3.8, 4) is 0 Å². The predicted octanol–water partition coefficient (Wildman–Crippen LogP) is 22.1. The standard InChI is InChI=1S/C81H142O17P2/c1-5-9-13-17-21-25-29-33-37-41-45-49-53-57-61-65-78(83)91-71-76(97-80(85)67-63-59-55-51-47-43-39-35-31-27-23-19-15-11-7-3)73-95-99(87,88)93-69-75(82)70-94-100(89,90)96-74-77(98-81(86)68-64-60-56-52-48-44-40-36-32-28-24-20-16-12-8-4)72-92-79(84)66-62-58-54-50-46-42-38-34-30-26-22-18-14-10-6-2/h21-28,33-40,75-77,82H,5-20,29-32,41-74H2,1-4H3,(H,87,88)(H,89,90)/p-1/b25-21-,26-22-,27-23-,28-24-,37-33-,38-34-,39-35-,40-36-/t75?,76-,77+. The SMILES string of the molecule is CCCCC/C=C\C/C=C\CCCCCCCC(=O)OC[C@H](COP(=O)([O-])OCC(O)COP(=O)(O)OC[C@H](COC(=O)CCCCCCC/C=C\C/C=C\CCCCC)OC(=O)CCCCCCC/C=C\C/C=C\CCCCC)OC(=O)CCCCCCC/C=C\C/C=C\CCCCC. The van der Waals surface area contributed by atoms with Crippen molar-refractivity contribution in [3.63, 3.8) is 0 Å². The van der Waals surface area contributed by atoms with E-state index in [0.29, 0.717) is 25.7 Å². The molecule has 0 saturated carbocycles. The average Bonchev–Trinajstić information content (AvgIpc) is 1.01. The molecule has 0 aliphatic heterocycles. The molecule has 0 heterocycles. The lowest BCUT2D eigenvalue weighted by molar-refractivity contribution is -0.230. The monoisotopic (exact) mass is 1450 g/mol. The third-order valence-electron chi connectivity index (χ3n) is 16.5. The van der Waals surface area contributed by atoms with E-state index >= 15 is 0 Å². The molecule has 0 aliphatic rings. The number of carbonyl (C=O) groups excluding carboxylic acids is 4. The maximum absolute atomic E-state index is 13.1. The fourth-order valence-electron chi connectivity index (χ4n) is 10.4. The summed E-state index contributed by atoms with van der Waals surface area (Å²) in [6, 6.07) is 0. The zero-order valence-corrected chi connectivity index (χ0v) is 64.9. The van der Waals surface area contributed by atoms with Gasteiger partial charge in [0, 0.05) is 25.7 Å². The molecule has 0 saturated heterocycles. The van der Waals surface area contributed by atoms with Crippen LogP contribution in [-0.2, 0) is 65.4 Å². The van der Waals surface area contributed by atoms with Gasteiger partial charge < -0.3 is 42.9 Å². The number of phosphoric acid groups is 2. The molecule has 0 amide bonds. The summed E-state index contributed by atoms with van der Waals surface area (Å²) >= 11 is 0. The van der Waals surface area contributed by atoms with Gasteiger partial charge in [-0.15, -0.1) is 0 Å². The number of aliphatic hydroxyl groups is 1. The number of rotatable bonds is 74. The first-order valence-corrected chi connectivity index (χ1v) is 42.4. The number of hydrogen-bond acceptors (Lipinski definition) is 16. The van der Waals surface area contributed by atoms with E-state index in [0.717, 1.165) is 180 Å². The Morgan fingerprint density at radius 1 is 0.310 bits per heavy atom. The van der Waals surface area contributed by atoms with Crippen molar-refractivity contribution in [1.82, 2.24) is 0 Å². The summed E-state index contributed by atoms with van der Waals surface area (Å²) in [6.45, 7) is 4.53. The van der Waals surface area contributed by atoms with Crippen LogP contribution >= 0.6 is 15.6 Å². The normalized spacial score (nSPS) is 14.4. The number of allylic oxidation sites excluding steroid dienone is 16. The highest BCUT2D eigenvalue weighted by Gasteiger charge is 2.28. The lowest BCUT2D eigenvalue weighted by Crippen LogP contribution is -2.31. The summed E-state index contributed by atoms with van der Waals surface area (Å²) in [7, 11) is -10.2. The summed E-state index contributed by atoms with van der Waals surface area (Å²) in [5.41, 5.74) is 0. The topological polar surface area (TPSA) is 240 Å². The first kappa shape index (κ1) is 96.0. The van der Waals surface area contributed by atoms with Crippen LogP contribution in [0.25, 0.3) is 0 Å². The second kappa shape index (κ2) is 73.3. The van der Waals surface area contributed by atoms with Gasteiger partial charge in [-0.05, 0) is 154 Å². The number of ether oxygens (including phenoxy) is 4. The van der Waals surface area contributed by atoms with Gasteiger partial charge in [-0.1, -0.05) is 253 Å². The molecule has 0 rings (SSSR count). The molecule has 100 heavy (non-hydrogen) atoms. The molecule has 2 N–H and O–H groups in total. The smallest absolute Gasteiger partial charge is 0.472 e. The molecule has 0 spiro atoms. The van der Waals surface area contributed by atoms with Gasteiger partial charge >= 0.3 is 31.7 Å². The maximum Gasteiger partial charge on any atom is 0.472 e. The van der Waals surface area contributed by atoms with E-state index in [1.165, 1.54) is 77.0 Å². The number of carbonyl (C=O) groups is 4. The molecule has 0 aromatic heterocycles. The molecule has 0 bridgehead atoms. The Bertz CT molecular complexity index is 2120. The van der Waals surface area contributed by atoms with Crippen molar-refractivity contribution in [2.45, 2.75) is 354 Å². The molecule has 0 fully saturated rings. The third kappa shape index (κ3) is 72.3. The summed E-state index contributed by atoms with van der Waals surface area (Å²) in [5, 5.41) is 10.6. The molecule has 578 valence electrons. The van der Waals surface area contributed by atoms with Crippen LogP contribution in [0.3, 0.4) is 0 Å². The van der Waals surface area contributed by atoms with Crippen LogP contribution in [0.2, 0.25) is 0 Å². The predicted molar refractivity (Wildman–Crippen MR) is 406 cm³/mol. The number of hydrogen-bond donors (Lipinski definition) is 2. The Morgan fingerprint density at radius 3 is 0.840 bits per heavy atom. The zero-order chi connectivity index (χ0) is 73.2. The summed E-state index contributed by atoms with van der Waals surface area (Å²) in [5.74, 6) is -2.27. The zero-order valence-electron chi connectivity index (χ0n) is 63.1. The first-order valence-electron chi connectivity index (χ1n) is 39.5. The van der Waals surface area contributed by atoms with Crippen molar-refractivity contribution < 1.29 is 80.2 Å². The number of aliphatic hydroxyl groups excluding tert-OH is 1. The van der Waals surface area contributed by atoms with Crippen molar-refractivity contribution in [1.29, 1.82) is 0 Å². The molecule has 17 nitrogen and oxygen atoms in total. The second-order valence-corrected chi connectivity index (χ2v) is 29.1. The van der Waals surface area contributed by atoms with Crippen molar-refractivity contribution in [2.24, 2.45) is 0 Å². The third-order valence-corrected chi connectivity index (χ3v) is 18.4. The van der Waals surface area contributed by atoms with E-state index in [4.69, 9.17) is 37.0 Å². The van der Waals surface area contributed by atoms with Crippen LogP contribution in [0.5, 0.6) is 0 Å². The van der Waals surface area contributed by atoms with Crippen molar-refractivity contribution in [2.75, 3.05) is 39.6 Å². The van der Waals surface area contributed by atoms with Crippen LogP contribution in [0, 0.1) is 0 Å². The highest BCUT2D eigenvalue weighted by molar-refractivity contribution is 7.47. The van der Waals surface area contributed by atoms with Crippen LogP contribution in [0.15, 0.2) is 97.2 Å². The fourth-order valence-corrected chi connectivity index (χ4v) is 12.0. The molecule has 0 aromatic carbocycles. The average molecular weight is 1450 g/mol. The Hall–Kier alpha value is -4.02. The molecule has 3 unspecified atom stereocenters. The highest BCUT2D eigenvalue weighted by Crippen LogP contribution is 2.44. The lowest BCUT2D eigenvalue weighted by Gasteiger charge is -2.26. The van der Waals surface area contributed by atoms with Crippen LogP contribution in [-0.4, -0.2) is 91.8 Å². The second-order valence-electron chi connectivity index (χ2n) is 26.3. The minimum Gasteiger partial charge on any atom is -0.756 e. The van der Waals surface area contributed by atoms with Crippen LogP contribution in [0.1, 0.15) is 336 Å². The van der Waals surface area contributed by atoms with E-state index in [2.05, 4.69) is 125 Å². The van der Waals surface area contributed by atoms with E-state index in [-0.39, 0.29) is 25.7 Å². The van der Waals surface area contributed by atoms with Gasteiger partial charge in [-0.3, -0.25) is 32.8 Å². The van der Waals surface area contributed by atoms with Gasteiger partial charge in [-0.2, -0.15) is 0 Å². The van der Waals surface area contributed by atoms with Gasteiger partial charge in [0.2, 0.25) is 0 Å². The van der Waals surface area contributed by atoms with Gasteiger partial charge in [0.05, 0.1) is 26.4 Å². The van der Waals surface area contributed by atoms with E-state index in [1.807, 2.05) is 0 Å². The van der Waals surface area contributed by atoms with Crippen molar-refractivity contribution in [3.05, 3.63) is 97.2 Å². The highest BCUT2D eigenvalue weighted by atomic mass is 31.2. The molecular weight excluding hydrogens is 1310 g/mol. The van der Waals surface area contributed by atoms with E-state index in [9.17, 15) is 43.2 Å². The van der Waals surface area contributed by atoms with Crippen LogP contribution < -0.4 is 4.89 Å². The van der Waals surface area contributed by atoms with Gasteiger partial charge in [0.1, 0.15) is 19.3 Å². The fraction of sp³-hybridized carbons (Fsp3) is 0.753. The number of esters is 4. The minimum atomic E-state index is -5.23. The summed E-state index contributed by atoms with van der Waals surface area (Å²) in [4.78, 5) is 75.3. The Kier molecular flexibility index (Phi) is 70.4. The Labute approximate surface area is 607 Å².